The minimum absolute atomic E-state index is 0.218. The maximum atomic E-state index is 6.68. The van der Waals surface area contributed by atoms with Crippen LogP contribution >= 0.6 is 15.9 Å². The fourth-order valence-corrected chi connectivity index (χ4v) is 3.65. The number of nitrogens with two attached hydrogens (primary N) is 1. The first kappa shape index (κ1) is 13.9. The number of methoxy groups -OCH3 is 1. The van der Waals surface area contributed by atoms with E-state index < -0.39 is 0 Å². The fourth-order valence-electron chi connectivity index (χ4n) is 3.17. The summed E-state index contributed by atoms with van der Waals surface area (Å²) >= 11 is 3.64. The number of hydrogen-bond acceptors (Lipinski definition) is 2. The molecule has 0 radical (unpaired) electrons. The maximum Gasteiger partial charge on any atom is 0.138 e. The number of rotatable bonds is 2. The second kappa shape index (κ2) is 5.22. The summed E-state index contributed by atoms with van der Waals surface area (Å²) in [4.78, 5) is 0. The number of aryl methyl sites for hydroxylation is 2. The molecule has 0 saturated heterocycles. The minimum Gasteiger partial charge on any atom is -0.495 e. The molecule has 100 valence electrons. The molecule has 0 amide bonds. The van der Waals surface area contributed by atoms with Crippen LogP contribution in [0.15, 0.2) is 10.5 Å². The van der Waals surface area contributed by atoms with E-state index in [2.05, 4.69) is 35.8 Å². The van der Waals surface area contributed by atoms with Crippen LogP contribution in [0.3, 0.4) is 0 Å². The molecule has 1 aromatic rings. The van der Waals surface area contributed by atoms with E-state index in [1.54, 1.807) is 7.11 Å². The van der Waals surface area contributed by atoms with Gasteiger partial charge in [0.15, 0.2) is 0 Å². The highest BCUT2D eigenvalue weighted by Gasteiger charge is 2.34. The van der Waals surface area contributed by atoms with E-state index in [0.29, 0.717) is 0 Å². The number of ether oxygens (including phenoxy) is 1. The molecule has 2 rings (SSSR count). The van der Waals surface area contributed by atoms with Gasteiger partial charge in [0.05, 0.1) is 11.6 Å². The summed E-state index contributed by atoms with van der Waals surface area (Å²) < 4.78 is 6.67. The first-order valence-corrected chi connectivity index (χ1v) is 7.42. The van der Waals surface area contributed by atoms with Gasteiger partial charge in [0.25, 0.3) is 0 Å². The van der Waals surface area contributed by atoms with Crippen LogP contribution in [0.2, 0.25) is 0 Å². The van der Waals surface area contributed by atoms with Crippen molar-refractivity contribution in [3.05, 3.63) is 27.2 Å². The third-order valence-electron chi connectivity index (χ3n) is 4.05. The molecule has 2 N–H and O–H groups in total. The van der Waals surface area contributed by atoms with Gasteiger partial charge in [-0.3, -0.25) is 0 Å². The van der Waals surface area contributed by atoms with Gasteiger partial charge < -0.3 is 10.5 Å². The quantitative estimate of drug-likeness (QED) is 0.888. The maximum absolute atomic E-state index is 6.68. The Morgan fingerprint density at radius 1 is 1.17 bits per heavy atom. The topological polar surface area (TPSA) is 35.2 Å². The molecule has 0 unspecified atom stereocenters. The largest absolute Gasteiger partial charge is 0.495 e. The molecule has 1 fully saturated rings. The summed E-state index contributed by atoms with van der Waals surface area (Å²) in [7, 11) is 1.73. The molecule has 0 heterocycles. The van der Waals surface area contributed by atoms with E-state index >= 15 is 0 Å². The summed E-state index contributed by atoms with van der Waals surface area (Å²) in [6.07, 6.45) is 5.84. The van der Waals surface area contributed by atoms with Gasteiger partial charge in [-0.15, -0.1) is 0 Å². The van der Waals surface area contributed by atoms with E-state index in [1.165, 1.54) is 36.0 Å². The molecule has 1 saturated carbocycles. The van der Waals surface area contributed by atoms with E-state index in [-0.39, 0.29) is 5.54 Å². The third-order valence-corrected chi connectivity index (χ3v) is 5.03. The van der Waals surface area contributed by atoms with Crippen LogP contribution in [0, 0.1) is 13.8 Å². The summed E-state index contributed by atoms with van der Waals surface area (Å²) in [5.41, 5.74) is 10.1. The third kappa shape index (κ3) is 2.30. The highest BCUT2D eigenvalue weighted by Crippen LogP contribution is 2.45. The van der Waals surface area contributed by atoms with Crippen LogP contribution in [0.25, 0.3) is 0 Å². The molecule has 1 aliphatic rings. The fraction of sp³-hybridized carbons (Fsp3) is 0.600. The van der Waals surface area contributed by atoms with Crippen LogP contribution in [-0.4, -0.2) is 7.11 Å². The van der Waals surface area contributed by atoms with Crippen molar-refractivity contribution >= 4 is 15.9 Å². The van der Waals surface area contributed by atoms with Crippen LogP contribution < -0.4 is 10.5 Å². The minimum atomic E-state index is -0.218. The molecule has 3 heteroatoms. The van der Waals surface area contributed by atoms with Crippen molar-refractivity contribution in [1.29, 1.82) is 0 Å². The zero-order chi connectivity index (χ0) is 13.3. The monoisotopic (exact) mass is 311 g/mol. The van der Waals surface area contributed by atoms with E-state index in [1.807, 2.05) is 0 Å². The first-order valence-electron chi connectivity index (χ1n) is 6.62. The van der Waals surface area contributed by atoms with Crippen LogP contribution in [0.4, 0.5) is 0 Å². The summed E-state index contributed by atoms with van der Waals surface area (Å²) in [6.45, 7) is 4.23. The molecule has 1 aromatic carbocycles. The summed E-state index contributed by atoms with van der Waals surface area (Å²) in [5.74, 6) is 0.928. The Bertz CT molecular complexity index is 450. The Labute approximate surface area is 118 Å². The lowest BCUT2D eigenvalue weighted by Gasteiger charge is -2.36. The molecule has 0 aromatic heterocycles. The number of benzene rings is 1. The molecular formula is C15H22BrNO. The van der Waals surface area contributed by atoms with Gasteiger partial charge >= 0.3 is 0 Å². The molecule has 0 atom stereocenters. The zero-order valence-electron chi connectivity index (χ0n) is 11.5. The highest BCUT2D eigenvalue weighted by atomic mass is 79.9. The van der Waals surface area contributed by atoms with Crippen LogP contribution in [0.1, 0.15) is 48.8 Å². The highest BCUT2D eigenvalue weighted by molar-refractivity contribution is 9.10. The van der Waals surface area contributed by atoms with Crippen molar-refractivity contribution in [3.63, 3.8) is 0 Å². The second-order valence-corrected chi connectivity index (χ2v) is 6.24. The average molecular weight is 312 g/mol. The first-order chi connectivity index (χ1) is 8.49. The predicted octanol–water partition coefficient (Wildman–Crippen LogP) is 4.19. The van der Waals surface area contributed by atoms with Crippen molar-refractivity contribution in [2.45, 2.75) is 51.5 Å². The normalized spacial score (nSPS) is 18.7. The van der Waals surface area contributed by atoms with E-state index in [0.717, 1.165) is 23.1 Å². The second-order valence-electron chi connectivity index (χ2n) is 5.45. The molecule has 0 bridgehead atoms. The van der Waals surface area contributed by atoms with Gasteiger partial charge in [0, 0.05) is 11.1 Å². The Hall–Kier alpha value is -0.540. The molecule has 2 nitrogen and oxygen atoms in total. The van der Waals surface area contributed by atoms with Gasteiger partial charge in [-0.1, -0.05) is 25.3 Å². The van der Waals surface area contributed by atoms with E-state index in [4.69, 9.17) is 10.5 Å². The lowest BCUT2D eigenvalue weighted by atomic mass is 9.75. The van der Waals surface area contributed by atoms with Gasteiger partial charge in [0.1, 0.15) is 5.75 Å². The van der Waals surface area contributed by atoms with Crippen molar-refractivity contribution < 1.29 is 4.74 Å². The SMILES string of the molecule is COc1c(Br)c(C)cc(C)c1C1(N)CCCCC1. The van der Waals surface area contributed by atoms with Crippen LogP contribution in [0.5, 0.6) is 5.75 Å². The van der Waals surface area contributed by atoms with Gasteiger partial charge in [0.2, 0.25) is 0 Å². The molecule has 18 heavy (non-hydrogen) atoms. The Morgan fingerprint density at radius 2 is 1.78 bits per heavy atom. The predicted molar refractivity (Wildman–Crippen MR) is 79.1 cm³/mol. The van der Waals surface area contributed by atoms with E-state index in [9.17, 15) is 0 Å². The van der Waals surface area contributed by atoms with Crippen molar-refractivity contribution in [2.24, 2.45) is 5.73 Å². The molecule has 0 spiro atoms. The van der Waals surface area contributed by atoms with Gasteiger partial charge in [-0.25, -0.2) is 0 Å². The van der Waals surface area contributed by atoms with Crippen molar-refractivity contribution in [3.8, 4) is 5.75 Å². The molecule has 0 aliphatic heterocycles. The number of hydrogen-bond donors (Lipinski definition) is 1. The smallest absolute Gasteiger partial charge is 0.138 e. The van der Waals surface area contributed by atoms with Crippen LogP contribution in [-0.2, 0) is 5.54 Å². The Morgan fingerprint density at radius 3 is 2.33 bits per heavy atom. The average Bonchev–Trinajstić information content (AvgIpc) is 2.34. The zero-order valence-corrected chi connectivity index (χ0v) is 13.1. The Balaban J connectivity index is 2.58. The Kier molecular flexibility index (Phi) is 4.02. The molecular weight excluding hydrogens is 290 g/mol. The van der Waals surface area contributed by atoms with Gasteiger partial charge in [-0.05, 0) is 53.7 Å². The van der Waals surface area contributed by atoms with Crippen molar-refractivity contribution in [1.82, 2.24) is 0 Å². The summed E-state index contributed by atoms with van der Waals surface area (Å²) in [6, 6.07) is 2.20. The lowest BCUT2D eigenvalue weighted by molar-refractivity contribution is 0.287. The standard InChI is InChI=1S/C15H22BrNO/c1-10-9-11(2)13(16)14(18-3)12(10)15(17)7-5-4-6-8-15/h9H,4-8,17H2,1-3H3. The summed E-state index contributed by atoms with van der Waals surface area (Å²) in [5, 5.41) is 0. The number of halogens is 1. The molecule has 1 aliphatic carbocycles. The van der Waals surface area contributed by atoms with Gasteiger partial charge in [-0.2, -0.15) is 0 Å². The lowest BCUT2D eigenvalue weighted by Crippen LogP contribution is -2.39. The van der Waals surface area contributed by atoms with Crippen molar-refractivity contribution in [2.75, 3.05) is 7.11 Å².